The van der Waals surface area contributed by atoms with Gasteiger partial charge in [0, 0.05) is 17.6 Å². The molecule has 3 rings (SSSR count). The zero-order valence-electron chi connectivity index (χ0n) is 23.0. The number of amides is 2. The Hall–Kier alpha value is -3.57. The summed E-state index contributed by atoms with van der Waals surface area (Å²) < 4.78 is 40.4. The summed E-state index contributed by atoms with van der Waals surface area (Å²) in [5, 5.41) is 2.83. The van der Waals surface area contributed by atoms with Gasteiger partial charge in [-0.25, -0.2) is 8.42 Å². The molecular formula is C29H34BrN3O6S. The molecule has 3 aromatic carbocycles. The molecule has 0 aliphatic heterocycles. The third kappa shape index (κ3) is 7.54. The van der Waals surface area contributed by atoms with Crippen molar-refractivity contribution >= 4 is 43.5 Å². The van der Waals surface area contributed by atoms with Gasteiger partial charge < -0.3 is 19.7 Å². The molecule has 11 heteroatoms. The zero-order chi connectivity index (χ0) is 29.3. The summed E-state index contributed by atoms with van der Waals surface area (Å²) in [4.78, 5) is 28.3. The Bertz CT molecular complexity index is 1420. The van der Waals surface area contributed by atoms with Crippen molar-refractivity contribution in [2.75, 3.05) is 31.6 Å². The molecule has 2 amide bonds. The number of hydrogen-bond acceptors (Lipinski definition) is 6. The lowest BCUT2D eigenvalue weighted by atomic mass is 10.1. The molecule has 0 unspecified atom stereocenters. The number of halogens is 1. The van der Waals surface area contributed by atoms with Gasteiger partial charge in [-0.1, -0.05) is 47.1 Å². The summed E-state index contributed by atoms with van der Waals surface area (Å²) in [5.74, 6) is -0.111. The molecule has 0 spiro atoms. The number of anilines is 1. The number of carbonyl (C=O) groups excluding carboxylic acids is 2. The first-order valence-corrected chi connectivity index (χ1v) is 15.0. The summed E-state index contributed by atoms with van der Waals surface area (Å²) in [6.07, 6.45) is 0.736. The Labute approximate surface area is 244 Å². The van der Waals surface area contributed by atoms with E-state index in [1.54, 1.807) is 31.2 Å². The van der Waals surface area contributed by atoms with Gasteiger partial charge in [-0.15, -0.1) is 0 Å². The molecule has 0 heterocycles. The van der Waals surface area contributed by atoms with E-state index in [1.165, 1.54) is 43.4 Å². The van der Waals surface area contributed by atoms with E-state index in [4.69, 9.17) is 9.47 Å². The second-order valence-corrected chi connectivity index (χ2v) is 11.8. The van der Waals surface area contributed by atoms with Crippen molar-refractivity contribution in [3.05, 3.63) is 82.8 Å². The lowest BCUT2D eigenvalue weighted by Gasteiger charge is -2.32. The Morgan fingerprint density at radius 3 is 2.30 bits per heavy atom. The largest absolute Gasteiger partial charge is 0.497 e. The molecule has 3 aromatic rings. The van der Waals surface area contributed by atoms with Crippen LogP contribution in [0.15, 0.2) is 82.2 Å². The minimum atomic E-state index is -4.24. The molecule has 0 saturated heterocycles. The van der Waals surface area contributed by atoms with Crippen molar-refractivity contribution in [1.29, 1.82) is 0 Å². The van der Waals surface area contributed by atoms with E-state index in [-0.39, 0.29) is 28.8 Å². The molecule has 0 saturated carbocycles. The maximum Gasteiger partial charge on any atom is 0.264 e. The number of hydrogen-bond donors (Lipinski definition) is 1. The summed E-state index contributed by atoms with van der Waals surface area (Å²) in [6.45, 7) is 3.56. The van der Waals surface area contributed by atoms with E-state index < -0.39 is 28.5 Å². The molecule has 1 atom stereocenters. The maximum absolute atomic E-state index is 14.0. The molecule has 1 N–H and O–H groups in total. The van der Waals surface area contributed by atoms with Crippen molar-refractivity contribution in [1.82, 2.24) is 10.2 Å². The van der Waals surface area contributed by atoms with Crippen molar-refractivity contribution in [3.8, 4) is 11.5 Å². The summed E-state index contributed by atoms with van der Waals surface area (Å²) >= 11 is 3.45. The molecule has 0 fully saturated rings. The van der Waals surface area contributed by atoms with Gasteiger partial charge in [-0.2, -0.15) is 0 Å². The van der Waals surface area contributed by atoms with E-state index in [9.17, 15) is 18.0 Å². The van der Waals surface area contributed by atoms with Gasteiger partial charge in [0.15, 0.2) is 0 Å². The van der Waals surface area contributed by atoms with E-state index in [0.717, 1.165) is 20.8 Å². The second kappa shape index (κ2) is 14.2. The number of nitrogens with zero attached hydrogens (tertiary/aromatic N) is 2. The fourth-order valence-corrected chi connectivity index (χ4v) is 5.91. The van der Waals surface area contributed by atoms with Crippen molar-refractivity contribution in [3.63, 3.8) is 0 Å². The van der Waals surface area contributed by atoms with Gasteiger partial charge in [0.2, 0.25) is 11.8 Å². The molecule has 0 aliphatic rings. The Kier molecular flexibility index (Phi) is 11.0. The molecule has 0 aromatic heterocycles. The normalized spacial score (nSPS) is 11.8. The predicted molar refractivity (Wildman–Crippen MR) is 158 cm³/mol. The molecule has 40 heavy (non-hydrogen) atoms. The van der Waals surface area contributed by atoms with Gasteiger partial charge >= 0.3 is 0 Å². The number of benzene rings is 3. The molecule has 0 radical (unpaired) electrons. The van der Waals surface area contributed by atoms with Crippen LogP contribution in [0.4, 0.5) is 5.69 Å². The average molecular weight is 633 g/mol. The molecular weight excluding hydrogens is 598 g/mol. The summed E-state index contributed by atoms with van der Waals surface area (Å²) in [6, 6.07) is 19.0. The Morgan fingerprint density at radius 1 is 0.975 bits per heavy atom. The van der Waals surface area contributed by atoms with E-state index in [2.05, 4.69) is 21.2 Å². The predicted octanol–water partition coefficient (Wildman–Crippen LogP) is 4.61. The van der Waals surface area contributed by atoms with Crippen molar-refractivity contribution in [2.24, 2.45) is 0 Å². The number of rotatable bonds is 13. The fourth-order valence-electron chi connectivity index (χ4n) is 4.03. The maximum atomic E-state index is 14.0. The van der Waals surface area contributed by atoms with E-state index >= 15 is 0 Å². The number of nitrogens with one attached hydrogen (secondary N) is 1. The van der Waals surface area contributed by atoms with Crippen molar-refractivity contribution in [2.45, 2.75) is 37.8 Å². The monoisotopic (exact) mass is 631 g/mol. The van der Waals surface area contributed by atoms with Crippen LogP contribution < -0.4 is 19.1 Å². The highest BCUT2D eigenvalue weighted by Gasteiger charge is 2.33. The first kappa shape index (κ1) is 31.0. The summed E-state index contributed by atoms with van der Waals surface area (Å²) in [7, 11) is -1.32. The van der Waals surface area contributed by atoms with Crippen LogP contribution in [0.2, 0.25) is 0 Å². The molecule has 9 nitrogen and oxygen atoms in total. The lowest BCUT2D eigenvalue weighted by molar-refractivity contribution is -0.139. The highest BCUT2D eigenvalue weighted by atomic mass is 79.9. The summed E-state index contributed by atoms with van der Waals surface area (Å²) in [5.41, 5.74) is 0.972. The number of sulfonamides is 1. The lowest BCUT2D eigenvalue weighted by Crippen LogP contribution is -2.51. The third-order valence-corrected chi connectivity index (χ3v) is 8.51. The second-order valence-electron chi connectivity index (χ2n) is 8.98. The van der Waals surface area contributed by atoms with Crippen molar-refractivity contribution < 1.29 is 27.5 Å². The minimum Gasteiger partial charge on any atom is -0.497 e. The zero-order valence-corrected chi connectivity index (χ0v) is 25.4. The van der Waals surface area contributed by atoms with Crippen LogP contribution in [-0.4, -0.2) is 58.5 Å². The van der Waals surface area contributed by atoms with E-state index in [1.807, 2.05) is 31.2 Å². The van der Waals surface area contributed by atoms with Crippen LogP contribution >= 0.6 is 15.9 Å². The van der Waals surface area contributed by atoms with Crippen LogP contribution in [0, 0.1) is 0 Å². The topological polar surface area (TPSA) is 105 Å². The molecule has 0 aliphatic carbocycles. The SMILES string of the molecule is CCCNC(=O)[C@H](C)N(Cc1cccc(Br)c1)C(=O)CN(c1ccccc1OC)S(=O)(=O)c1ccc(OC)cc1. The molecule has 0 bridgehead atoms. The smallest absolute Gasteiger partial charge is 0.264 e. The van der Waals surface area contributed by atoms with Crippen LogP contribution in [-0.2, 0) is 26.2 Å². The number of carbonyl (C=O) groups is 2. The first-order valence-electron chi connectivity index (χ1n) is 12.7. The Balaban J connectivity index is 2.06. The van der Waals surface area contributed by atoms with Gasteiger partial charge in [-0.05, 0) is 67.4 Å². The van der Waals surface area contributed by atoms with Gasteiger partial charge in [0.05, 0.1) is 24.8 Å². The molecule has 214 valence electrons. The van der Waals surface area contributed by atoms with Crippen LogP contribution in [0.3, 0.4) is 0 Å². The Morgan fingerprint density at radius 2 is 1.68 bits per heavy atom. The average Bonchev–Trinajstić information content (AvgIpc) is 2.96. The van der Waals surface area contributed by atoms with E-state index in [0.29, 0.717) is 12.3 Å². The first-order chi connectivity index (χ1) is 19.1. The minimum absolute atomic E-state index is 0.0284. The standard InChI is InChI=1S/C29H34BrN3O6S/c1-5-17-31-29(35)21(2)32(19-22-9-8-10-23(30)18-22)28(34)20-33(26-11-6-7-12-27(26)39-4)40(36,37)25-15-13-24(38-3)14-16-25/h6-16,18,21H,5,17,19-20H2,1-4H3,(H,31,35)/t21-/m0/s1. The highest BCUT2D eigenvalue weighted by molar-refractivity contribution is 9.10. The van der Waals surface area contributed by atoms with Gasteiger partial charge in [-0.3, -0.25) is 13.9 Å². The quantitative estimate of drug-likeness (QED) is 0.295. The number of para-hydroxylation sites is 2. The van der Waals surface area contributed by atoms with Gasteiger partial charge in [0.25, 0.3) is 10.0 Å². The fraction of sp³-hybridized carbons (Fsp3) is 0.310. The number of ether oxygens (including phenoxy) is 2. The third-order valence-electron chi connectivity index (χ3n) is 6.24. The van der Waals surface area contributed by atoms with Crippen LogP contribution in [0.25, 0.3) is 0 Å². The number of methoxy groups -OCH3 is 2. The van der Waals surface area contributed by atoms with Gasteiger partial charge in [0.1, 0.15) is 24.1 Å². The highest BCUT2D eigenvalue weighted by Crippen LogP contribution is 2.33. The van der Waals surface area contributed by atoms with Crippen LogP contribution in [0.5, 0.6) is 11.5 Å². The van der Waals surface area contributed by atoms with Crippen LogP contribution in [0.1, 0.15) is 25.8 Å².